The van der Waals surface area contributed by atoms with Crippen molar-refractivity contribution in [3.63, 3.8) is 0 Å². The molecule has 2 aliphatic heterocycles. The zero-order valence-electron chi connectivity index (χ0n) is 19.3. The number of aryl methyl sites for hydroxylation is 2. The Hall–Kier alpha value is -3.66. The van der Waals surface area contributed by atoms with E-state index >= 15 is 0 Å². The van der Waals surface area contributed by atoms with Gasteiger partial charge >= 0.3 is 6.03 Å². The highest BCUT2D eigenvalue weighted by Gasteiger charge is 2.37. The quantitative estimate of drug-likeness (QED) is 0.493. The summed E-state index contributed by atoms with van der Waals surface area (Å²) in [5.74, 6) is 1.13. The molecule has 10 nitrogen and oxygen atoms in total. The van der Waals surface area contributed by atoms with Crippen molar-refractivity contribution in [1.29, 1.82) is 0 Å². The molecule has 2 aliphatic rings. The Morgan fingerprint density at radius 3 is 2.82 bits per heavy atom. The van der Waals surface area contributed by atoms with Gasteiger partial charge in [0.05, 0.1) is 30.7 Å². The van der Waals surface area contributed by atoms with Crippen LogP contribution in [0.25, 0.3) is 0 Å². The number of aromatic nitrogens is 3. The maximum absolute atomic E-state index is 13.1. The van der Waals surface area contributed by atoms with Crippen LogP contribution in [0.15, 0.2) is 41.2 Å². The van der Waals surface area contributed by atoms with Crippen molar-refractivity contribution in [3.05, 3.63) is 59.2 Å². The Morgan fingerprint density at radius 1 is 1.18 bits per heavy atom. The van der Waals surface area contributed by atoms with Crippen molar-refractivity contribution in [2.45, 2.75) is 52.5 Å². The molecule has 0 N–H and O–H groups in total. The molecule has 2 saturated heterocycles. The third kappa shape index (κ3) is 4.54. The van der Waals surface area contributed by atoms with Gasteiger partial charge in [0.15, 0.2) is 6.29 Å². The first kappa shape index (κ1) is 22.1. The molecule has 4 heterocycles. The summed E-state index contributed by atoms with van der Waals surface area (Å²) in [4.78, 5) is 28.5. The van der Waals surface area contributed by atoms with Gasteiger partial charge in [0.1, 0.15) is 18.1 Å². The normalized spacial score (nSPS) is 18.7. The lowest BCUT2D eigenvalue weighted by Crippen LogP contribution is -2.32. The summed E-state index contributed by atoms with van der Waals surface area (Å²) in [6, 6.07) is 7.19. The smallest absolute Gasteiger partial charge is 0.332 e. The molecule has 10 heteroatoms. The fourth-order valence-electron chi connectivity index (χ4n) is 4.27. The third-order valence-corrected chi connectivity index (χ3v) is 6.09. The van der Waals surface area contributed by atoms with Crippen LogP contribution in [0.2, 0.25) is 0 Å². The largest absolute Gasteiger partial charge is 0.465 e. The van der Waals surface area contributed by atoms with E-state index in [0.29, 0.717) is 31.1 Å². The topological polar surface area (TPSA) is 103 Å². The number of hydrogen-bond acceptors (Lipinski definition) is 7. The Kier molecular flexibility index (Phi) is 6.06. The molecule has 0 radical (unpaired) electrons. The average Bonchev–Trinajstić information content (AvgIpc) is 3.49. The molecular weight excluding hydrogens is 438 g/mol. The molecule has 3 aromatic rings. The van der Waals surface area contributed by atoms with Crippen LogP contribution >= 0.6 is 0 Å². The Balaban J connectivity index is 1.25. The fourth-order valence-corrected chi connectivity index (χ4v) is 4.27. The SMILES string of the molecule is Cc1noc(C)c1Cn1cc(N2C(=O)CN(Cc3cccc(OC4CCCCO4)c3)C2=O)cn1. The van der Waals surface area contributed by atoms with Crippen LogP contribution in [0.3, 0.4) is 0 Å². The van der Waals surface area contributed by atoms with Crippen molar-refractivity contribution in [2.75, 3.05) is 18.1 Å². The first-order valence-electron chi connectivity index (χ1n) is 11.4. The van der Waals surface area contributed by atoms with Crippen molar-refractivity contribution in [2.24, 2.45) is 0 Å². The highest BCUT2D eigenvalue weighted by atomic mass is 16.7. The zero-order valence-corrected chi connectivity index (χ0v) is 19.3. The third-order valence-electron chi connectivity index (χ3n) is 6.09. The molecule has 0 saturated carbocycles. The number of imide groups is 1. The number of amides is 3. The monoisotopic (exact) mass is 465 g/mol. The van der Waals surface area contributed by atoms with Crippen molar-refractivity contribution >= 4 is 17.6 Å². The Morgan fingerprint density at radius 2 is 2.06 bits per heavy atom. The van der Waals surface area contributed by atoms with Gasteiger partial charge < -0.3 is 18.9 Å². The number of benzene rings is 1. The average molecular weight is 466 g/mol. The molecule has 0 aliphatic carbocycles. The summed E-state index contributed by atoms with van der Waals surface area (Å²) in [5.41, 5.74) is 3.03. The predicted octanol–water partition coefficient (Wildman–Crippen LogP) is 3.41. The van der Waals surface area contributed by atoms with Gasteiger partial charge in [0, 0.05) is 24.7 Å². The minimum Gasteiger partial charge on any atom is -0.465 e. The molecule has 5 rings (SSSR count). The summed E-state index contributed by atoms with van der Waals surface area (Å²) in [5, 5.41) is 8.27. The lowest BCUT2D eigenvalue weighted by atomic mass is 10.2. The van der Waals surface area contributed by atoms with E-state index in [1.165, 1.54) is 16.0 Å². The van der Waals surface area contributed by atoms with Gasteiger partial charge in [-0.25, -0.2) is 9.69 Å². The number of urea groups is 1. The number of hydrogen-bond donors (Lipinski definition) is 0. The minimum atomic E-state index is -0.371. The lowest BCUT2D eigenvalue weighted by molar-refractivity contribution is -0.116. The number of ether oxygens (including phenoxy) is 2. The maximum atomic E-state index is 13.1. The molecule has 178 valence electrons. The Labute approximate surface area is 197 Å². The number of nitrogens with zero attached hydrogens (tertiary/aromatic N) is 5. The number of rotatable bonds is 7. The number of carbonyl (C=O) groups is 2. The molecule has 0 bridgehead atoms. The molecule has 3 amide bonds. The van der Waals surface area contributed by atoms with Crippen LogP contribution in [0.5, 0.6) is 5.75 Å². The van der Waals surface area contributed by atoms with Gasteiger partial charge in [-0.3, -0.25) is 9.48 Å². The van der Waals surface area contributed by atoms with E-state index in [9.17, 15) is 9.59 Å². The van der Waals surface area contributed by atoms with Crippen LogP contribution in [0.1, 0.15) is 41.8 Å². The van der Waals surface area contributed by atoms with Crippen LogP contribution in [0, 0.1) is 13.8 Å². The van der Waals surface area contributed by atoms with Crippen molar-refractivity contribution < 1.29 is 23.6 Å². The molecule has 1 aromatic carbocycles. The van der Waals surface area contributed by atoms with Crippen LogP contribution in [-0.2, 0) is 22.6 Å². The van der Waals surface area contributed by atoms with Crippen molar-refractivity contribution in [3.8, 4) is 5.75 Å². The molecule has 1 unspecified atom stereocenters. The Bertz CT molecular complexity index is 1180. The van der Waals surface area contributed by atoms with Gasteiger partial charge in [-0.2, -0.15) is 5.10 Å². The molecule has 1 atom stereocenters. The van der Waals surface area contributed by atoms with E-state index in [2.05, 4.69) is 10.3 Å². The van der Waals surface area contributed by atoms with Crippen LogP contribution < -0.4 is 9.64 Å². The second kappa shape index (κ2) is 9.30. The molecule has 2 aromatic heterocycles. The number of carbonyl (C=O) groups excluding carboxylic acids is 2. The van der Waals surface area contributed by atoms with Crippen LogP contribution in [0.4, 0.5) is 10.5 Å². The summed E-state index contributed by atoms with van der Waals surface area (Å²) < 4.78 is 18.4. The molecule has 2 fully saturated rings. The highest BCUT2D eigenvalue weighted by Crippen LogP contribution is 2.25. The fraction of sp³-hybridized carbons (Fsp3) is 0.417. The van der Waals surface area contributed by atoms with E-state index < -0.39 is 0 Å². The predicted molar refractivity (Wildman–Crippen MR) is 121 cm³/mol. The van der Waals surface area contributed by atoms with E-state index in [-0.39, 0.29) is 24.8 Å². The summed E-state index contributed by atoms with van der Waals surface area (Å²) in [7, 11) is 0. The van der Waals surface area contributed by atoms with Gasteiger partial charge in [0.2, 0.25) is 0 Å². The summed E-state index contributed by atoms with van der Waals surface area (Å²) in [6.45, 7) is 5.16. The number of anilines is 1. The van der Waals surface area contributed by atoms with E-state index in [4.69, 9.17) is 14.0 Å². The molecule has 34 heavy (non-hydrogen) atoms. The van der Waals surface area contributed by atoms with Crippen molar-refractivity contribution in [1.82, 2.24) is 19.8 Å². The van der Waals surface area contributed by atoms with Gasteiger partial charge in [0.25, 0.3) is 5.91 Å². The zero-order chi connectivity index (χ0) is 23.7. The highest BCUT2D eigenvalue weighted by molar-refractivity contribution is 6.19. The standard InChI is InChI=1S/C24H27N5O5/c1-16-21(17(2)34-26-16)14-28-13-19(11-25-28)29-22(30)15-27(24(29)31)12-18-6-5-7-20(10-18)33-23-8-3-4-9-32-23/h5-7,10-11,13,23H,3-4,8-9,12,14-15H2,1-2H3. The van der Waals surface area contributed by atoms with E-state index in [0.717, 1.165) is 41.8 Å². The minimum absolute atomic E-state index is 0.00466. The molecular formula is C24H27N5O5. The lowest BCUT2D eigenvalue weighted by Gasteiger charge is -2.24. The summed E-state index contributed by atoms with van der Waals surface area (Å²) >= 11 is 0. The first-order valence-corrected chi connectivity index (χ1v) is 11.4. The van der Waals surface area contributed by atoms with E-state index in [1.807, 2.05) is 38.1 Å². The van der Waals surface area contributed by atoms with E-state index in [1.54, 1.807) is 10.9 Å². The molecule has 0 spiro atoms. The first-order chi connectivity index (χ1) is 16.5. The maximum Gasteiger partial charge on any atom is 0.332 e. The van der Waals surface area contributed by atoms with Crippen LogP contribution in [-0.4, -0.2) is 51.2 Å². The van der Waals surface area contributed by atoms with Gasteiger partial charge in [-0.1, -0.05) is 17.3 Å². The second-order valence-electron chi connectivity index (χ2n) is 8.63. The van der Waals surface area contributed by atoms with Gasteiger partial charge in [-0.15, -0.1) is 0 Å². The summed E-state index contributed by atoms with van der Waals surface area (Å²) in [6.07, 6.45) is 5.97. The van der Waals surface area contributed by atoms with Gasteiger partial charge in [-0.05, 0) is 44.4 Å². The second-order valence-corrected chi connectivity index (χ2v) is 8.63.